The van der Waals surface area contributed by atoms with E-state index in [1.807, 2.05) is 39.8 Å². The first-order valence-corrected chi connectivity index (χ1v) is 7.16. The number of nitrogens with zero attached hydrogens (tertiary/aromatic N) is 1. The second-order valence-corrected chi connectivity index (χ2v) is 6.38. The summed E-state index contributed by atoms with van der Waals surface area (Å²) in [6, 6.07) is 7.38. The van der Waals surface area contributed by atoms with E-state index in [4.69, 9.17) is 16.3 Å². The number of aromatic nitrogens is 2. The molecular weight excluding hydrogens is 288 g/mol. The van der Waals surface area contributed by atoms with Crippen molar-refractivity contribution in [3.8, 4) is 11.3 Å². The molecule has 0 amide bonds. The van der Waals surface area contributed by atoms with Crippen LogP contribution in [0.4, 0.5) is 0 Å². The third-order valence-corrected chi connectivity index (χ3v) is 3.18. The van der Waals surface area contributed by atoms with Gasteiger partial charge in [0.2, 0.25) is 0 Å². The Kier molecular flexibility index (Phi) is 4.37. The monoisotopic (exact) mass is 306 g/mol. The molecule has 0 unspecified atom stereocenters. The molecule has 2 rings (SSSR count). The van der Waals surface area contributed by atoms with Gasteiger partial charge in [0.1, 0.15) is 5.60 Å². The third kappa shape index (κ3) is 4.08. The van der Waals surface area contributed by atoms with Crippen molar-refractivity contribution in [1.29, 1.82) is 0 Å². The van der Waals surface area contributed by atoms with Crippen molar-refractivity contribution in [2.45, 2.75) is 39.7 Å². The van der Waals surface area contributed by atoms with Gasteiger partial charge in [0.05, 0.1) is 12.1 Å². The number of hydrogen-bond donors (Lipinski definition) is 1. The standard InChI is InChI=1S/C16H19ClN2O2/c1-10-13(9-14(20)21-16(2,3)4)15(19-18-10)11-5-7-12(17)8-6-11/h5-8H,9H2,1-4H3,(H,18,19). The Morgan fingerprint density at radius 3 is 2.48 bits per heavy atom. The van der Waals surface area contributed by atoms with Gasteiger partial charge in [-0.3, -0.25) is 9.89 Å². The molecule has 0 spiro atoms. The molecule has 1 aromatic heterocycles. The Bertz CT molecular complexity index is 639. The Morgan fingerprint density at radius 1 is 1.29 bits per heavy atom. The van der Waals surface area contributed by atoms with Gasteiger partial charge in [-0.15, -0.1) is 0 Å². The number of halogens is 1. The van der Waals surface area contributed by atoms with Crippen LogP contribution in [0, 0.1) is 6.92 Å². The van der Waals surface area contributed by atoms with Crippen LogP contribution in [0.5, 0.6) is 0 Å². The molecular formula is C16H19ClN2O2. The van der Waals surface area contributed by atoms with E-state index in [2.05, 4.69) is 10.2 Å². The number of ether oxygens (including phenoxy) is 1. The normalized spacial score (nSPS) is 11.5. The minimum atomic E-state index is -0.491. The van der Waals surface area contributed by atoms with Gasteiger partial charge < -0.3 is 4.74 Å². The van der Waals surface area contributed by atoms with Crippen LogP contribution in [0.2, 0.25) is 5.02 Å². The number of nitrogens with one attached hydrogen (secondary N) is 1. The van der Waals surface area contributed by atoms with Crippen molar-refractivity contribution in [1.82, 2.24) is 10.2 Å². The van der Waals surface area contributed by atoms with Crippen molar-refractivity contribution in [2.75, 3.05) is 0 Å². The maximum atomic E-state index is 12.0. The number of benzene rings is 1. The molecule has 0 fully saturated rings. The lowest BCUT2D eigenvalue weighted by molar-refractivity contribution is -0.153. The maximum absolute atomic E-state index is 12.0. The molecule has 0 bridgehead atoms. The summed E-state index contributed by atoms with van der Waals surface area (Å²) in [5.74, 6) is -0.262. The average Bonchev–Trinajstić information content (AvgIpc) is 2.70. The molecule has 0 aliphatic heterocycles. The van der Waals surface area contributed by atoms with E-state index in [-0.39, 0.29) is 12.4 Å². The zero-order valence-electron chi connectivity index (χ0n) is 12.7. The molecule has 4 nitrogen and oxygen atoms in total. The molecule has 21 heavy (non-hydrogen) atoms. The molecule has 2 aromatic rings. The van der Waals surface area contributed by atoms with E-state index in [0.717, 1.165) is 22.5 Å². The highest BCUT2D eigenvalue weighted by molar-refractivity contribution is 6.30. The van der Waals surface area contributed by atoms with Gasteiger partial charge in [-0.2, -0.15) is 5.10 Å². The number of rotatable bonds is 3. The Balaban J connectivity index is 2.26. The van der Waals surface area contributed by atoms with Gasteiger partial charge >= 0.3 is 5.97 Å². The highest BCUT2D eigenvalue weighted by atomic mass is 35.5. The Morgan fingerprint density at radius 2 is 1.90 bits per heavy atom. The first-order chi connectivity index (χ1) is 9.76. The van der Waals surface area contributed by atoms with Gasteiger partial charge in [0.15, 0.2) is 0 Å². The minimum absolute atomic E-state index is 0.192. The molecule has 1 N–H and O–H groups in total. The SMILES string of the molecule is Cc1[nH]nc(-c2ccc(Cl)cc2)c1CC(=O)OC(C)(C)C. The maximum Gasteiger partial charge on any atom is 0.310 e. The van der Waals surface area contributed by atoms with Crippen LogP contribution < -0.4 is 0 Å². The van der Waals surface area contributed by atoms with E-state index in [0.29, 0.717) is 5.02 Å². The van der Waals surface area contributed by atoms with E-state index in [1.54, 1.807) is 12.1 Å². The lowest BCUT2D eigenvalue weighted by atomic mass is 10.0. The van der Waals surface area contributed by atoms with E-state index in [1.165, 1.54) is 0 Å². The summed E-state index contributed by atoms with van der Waals surface area (Å²) in [4.78, 5) is 12.0. The summed E-state index contributed by atoms with van der Waals surface area (Å²) < 4.78 is 5.37. The number of aryl methyl sites for hydroxylation is 1. The number of carbonyl (C=O) groups excluding carboxylic acids is 1. The van der Waals surface area contributed by atoms with Crippen LogP contribution in [-0.4, -0.2) is 21.8 Å². The summed E-state index contributed by atoms with van der Waals surface area (Å²) in [5, 5.41) is 7.88. The largest absolute Gasteiger partial charge is 0.460 e. The highest BCUT2D eigenvalue weighted by Crippen LogP contribution is 2.26. The summed E-state index contributed by atoms with van der Waals surface area (Å²) in [6.45, 7) is 7.46. The quantitative estimate of drug-likeness (QED) is 0.874. The lowest BCUT2D eigenvalue weighted by Gasteiger charge is -2.19. The third-order valence-electron chi connectivity index (χ3n) is 2.93. The second-order valence-electron chi connectivity index (χ2n) is 5.95. The molecule has 1 aromatic carbocycles. The first kappa shape index (κ1) is 15.6. The molecule has 0 radical (unpaired) electrons. The highest BCUT2D eigenvalue weighted by Gasteiger charge is 2.20. The lowest BCUT2D eigenvalue weighted by Crippen LogP contribution is -2.25. The Hall–Kier alpha value is -1.81. The van der Waals surface area contributed by atoms with Crippen LogP contribution >= 0.6 is 11.6 Å². The first-order valence-electron chi connectivity index (χ1n) is 6.78. The van der Waals surface area contributed by atoms with Crippen LogP contribution in [0.3, 0.4) is 0 Å². The summed E-state index contributed by atoms with van der Waals surface area (Å²) >= 11 is 5.90. The van der Waals surface area contributed by atoms with Crippen molar-refractivity contribution in [3.05, 3.63) is 40.5 Å². The van der Waals surface area contributed by atoms with Crippen molar-refractivity contribution >= 4 is 17.6 Å². The second kappa shape index (κ2) is 5.90. The fourth-order valence-corrected chi connectivity index (χ4v) is 2.16. The van der Waals surface area contributed by atoms with Crippen molar-refractivity contribution in [2.24, 2.45) is 0 Å². The molecule has 112 valence electrons. The topological polar surface area (TPSA) is 55.0 Å². The van der Waals surface area contributed by atoms with E-state index >= 15 is 0 Å². The van der Waals surface area contributed by atoms with E-state index in [9.17, 15) is 4.79 Å². The zero-order valence-corrected chi connectivity index (χ0v) is 13.4. The van der Waals surface area contributed by atoms with Gasteiger partial charge in [-0.05, 0) is 39.8 Å². The van der Waals surface area contributed by atoms with Crippen LogP contribution in [0.15, 0.2) is 24.3 Å². The predicted molar refractivity (Wildman–Crippen MR) is 83.3 cm³/mol. The van der Waals surface area contributed by atoms with Gasteiger partial charge in [0, 0.05) is 21.8 Å². The van der Waals surface area contributed by atoms with Crippen LogP contribution in [0.1, 0.15) is 32.0 Å². The number of esters is 1. The van der Waals surface area contributed by atoms with Gasteiger partial charge in [0.25, 0.3) is 0 Å². The number of hydrogen-bond acceptors (Lipinski definition) is 3. The average molecular weight is 307 g/mol. The smallest absolute Gasteiger partial charge is 0.310 e. The van der Waals surface area contributed by atoms with E-state index < -0.39 is 5.60 Å². The molecule has 5 heteroatoms. The summed E-state index contributed by atoms with van der Waals surface area (Å²) in [5.41, 5.74) is 2.91. The molecule has 0 atom stereocenters. The fraction of sp³-hybridized carbons (Fsp3) is 0.375. The van der Waals surface area contributed by atoms with Crippen LogP contribution in [-0.2, 0) is 16.0 Å². The summed E-state index contributed by atoms with van der Waals surface area (Å²) in [7, 11) is 0. The van der Waals surface area contributed by atoms with Crippen LogP contribution in [0.25, 0.3) is 11.3 Å². The molecule has 0 aliphatic carbocycles. The molecule has 0 aliphatic rings. The molecule has 0 saturated heterocycles. The van der Waals surface area contributed by atoms with Crippen molar-refractivity contribution < 1.29 is 9.53 Å². The predicted octanol–water partition coefficient (Wildman–Crippen LogP) is 3.92. The number of carbonyl (C=O) groups is 1. The van der Waals surface area contributed by atoms with Gasteiger partial charge in [-0.25, -0.2) is 0 Å². The molecule has 0 saturated carbocycles. The number of aromatic amines is 1. The molecule has 1 heterocycles. The summed E-state index contributed by atoms with van der Waals surface area (Å²) in [6.07, 6.45) is 0.192. The number of H-pyrrole nitrogens is 1. The van der Waals surface area contributed by atoms with Gasteiger partial charge in [-0.1, -0.05) is 23.7 Å². The minimum Gasteiger partial charge on any atom is -0.460 e. The van der Waals surface area contributed by atoms with Crippen molar-refractivity contribution in [3.63, 3.8) is 0 Å². The Labute approximate surface area is 129 Å². The zero-order chi connectivity index (χ0) is 15.6. The fourth-order valence-electron chi connectivity index (χ4n) is 2.04.